The predicted octanol–water partition coefficient (Wildman–Crippen LogP) is 3.81. The highest BCUT2D eigenvalue weighted by atomic mass is 16.5. The van der Waals surface area contributed by atoms with Gasteiger partial charge in [-0.2, -0.15) is 5.10 Å². The first kappa shape index (κ1) is 23.2. The van der Waals surface area contributed by atoms with E-state index in [0.29, 0.717) is 11.7 Å². The van der Waals surface area contributed by atoms with Crippen LogP contribution in [0.3, 0.4) is 0 Å². The number of para-hydroxylation sites is 1. The molecule has 1 aromatic heterocycles. The van der Waals surface area contributed by atoms with E-state index >= 15 is 0 Å². The number of amides is 2. The first-order chi connectivity index (χ1) is 16.4. The third kappa shape index (κ3) is 6.10. The Kier molecular flexibility index (Phi) is 7.06. The van der Waals surface area contributed by atoms with Crippen LogP contribution >= 0.6 is 0 Å². The van der Waals surface area contributed by atoms with Crippen LogP contribution in [0.5, 0.6) is 0 Å². The van der Waals surface area contributed by atoms with Gasteiger partial charge in [-0.05, 0) is 37.5 Å². The summed E-state index contributed by atoms with van der Waals surface area (Å²) >= 11 is 0. The van der Waals surface area contributed by atoms with Crippen LogP contribution in [0, 0.1) is 6.92 Å². The Labute approximate surface area is 198 Å². The molecule has 2 aromatic carbocycles. The van der Waals surface area contributed by atoms with Crippen LogP contribution in [0.1, 0.15) is 55.0 Å². The van der Waals surface area contributed by atoms with Gasteiger partial charge in [0.15, 0.2) is 6.61 Å². The quantitative estimate of drug-likeness (QED) is 0.473. The summed E-state index contributed by atoms with van der Waals surface area (Å²) < 4.78 is 6.91. The minimum Gasteiger partial charge on any atom is -0.455 e. The van der Waals surface area contributed by atoms with Gasteiger partial charge in [0.25, 0.3) is 5.91 Å². The van der Waals surface area contributed by atoms with Crippen molar-refractivity contribution in [2.75, 3.05) is 11.9 Å². The molecular formula is C26H28N4O4. The van der Waals surface area contributed by atoms with Crippen molar-refractivity contribution < 1.29 is 19.1 Å². The Morgan fingerprint density at radius 2 is 1.79 bits per heavy atom. The molecule has 1 heterocycles. The lowest BCUT2D eigenvalue weighted by atomic mass is 10.0. The molecule has 0 aliphatic heterocycles. The highest BCUT2D eigenvalue weighted by molar-refractivity contribution is 5.92. The van der Waals surface area contributed by atoms with Crippen molar-refractivity contribution in [3.8, 4) is 5.69 Å². The molecule has 8 nitrogen and oxygen atoms in total. The number of nitrogens with one attached hydrogen (secondary N) is 2. The number of rotatable bonds is 9. The fourth-order valence-electron chi connectivity index (χ4n) is 3.68. The molecule has 34 heavy (non-hydrogen) atoms. The zero-order chi connectivity index (χ0) is 24.1. The van der Waals surface area contributed by atoms with E-state index in [9.17, 15) is 14.4 Å². The molecule has 3 aromatic rings. The Balaban J connectivity index is 1.37. The van der Waals surface area contributed by atoms with Gasteiger partial charge in [-0.25, -0.2) is 4.68 Å². The molecule has 4 rings (SSSR count). The number of hydrogen-bond acceptors (Lipinski definition) is 5. The number of aryl methyl sites for hydroxylation is 1. The second-order valence-corrected chi connectivity index (χ2v) is 8.55. The molecule has 2 N–H and O–H groups in total. The fourth-order valence-corrected chi connectivity index (χ4v) is 3.68. The number of benzene rings is 2. The number of carbonyl (C=O) groups excluding carboxylic acids is 3. The number of esters is 1. The second kappa shape index (κ2) is 10.3. The van der Waals surface area contributed by atoms with Crippen LogP contribution in [-0.2, 0) is 19.1 Å². The molecule has 1 unspecified atom stereocenters. The van der Waals surface area contributed by atoms with E-state index in [0.717, 1.165) is 35.3 Å². The maximum absolute atomic E-state index is 12.6. The SMILES string of the molecule is CC(=O)NC(CC(=O)OCC(=O)Nc1cc(C2CC2)nn1-c1ccccc1)c1ccc(C)cc1. The molecule has 1 aliphatic rings. The molecule has 0 spiro atoms. The molecule has 2 amide bonds. The average molecular weight is 461 g/mol. The summed E-state index contributed by atoms with van der Waals surface area (Å²) in [5.74, 6) is -0.337. The van der Waals surface area contributed by atoms with Gasteiger partial charge in [-0.1, -0.05) is 48.0 Å². The summed E-state index contributed by atoms with van der Waals surface area (Å²) in [4.78, 5) is 36.6. The Bertz CT molecular complexity index is 1170. The molecular weight excluding hydrogens is 432 g/mol. The lowest BCUT2D eigenvalue weighted by Gasteiger charge is -2.18. The van der Waals surface area contributed by atoms with Crippen molar-refractivity contribution in [2.24, 2.45) is 0 Å². The largest absolute Gasteiger partial charge is 0.455 e. The number of aromatic nitrogens is 2. The molecule has 0 radical (unpaired) electrons. The van der Waals surface area contributed by atoms with Crippen molar-refractivity contribution >= 4 is 23.6 Å². The minimum atomic E-state index is -0.579. The van der Waals surface area contributed by atoms with Crippen LogP contribution in [-0.4, -0.2) is 34.2 Å². The van der Waals surface area contributed by atoms with Gasteiger partial charge in [0.2, 0.25) is 5.91 Å². The third-order valence-corrected chi connectivity index (χ3v) is 5.58. The highest BCUT2D eigenvalue weighted by Crippen LogP contribution is 2.40. The van der Waals surface area contributed by atoms with E-state index in [2.05, 4.69) is 15.7 Å². The number of carbonyl (C=O) groups is 3. The molecule has 1 aliphatic carbocycles. The van der Waals surface area contributed by atoms with Crippen LogP contribution in [0.4, 0.5) is 5.82 Å². The van der Waals surface area contributed by atoms with Gasteiger partial charge >= 0.3 is 5.97 Å². The molecule has 0 bridgehead atoms. The Hall–Kier alpha value is -3.94. The molecule has 176 valence electrons. The zero-order valence-corrected chi connectivity index (χ0v) is 19.3. The summed E-state index contributed by atoms with van der Waals surface area (Å²) in [6.07, 6.45) is 2.10. The summed E-state index contributed by atoms with van der Waals surface area (Å²) in [6, 6.07) is 18.4. The van der Waals surface area contributed by atoms with Gasteiger partial charge in [-0.3, -0.25) is 14.4 Å². The molecule has 1 saturated carbocycles. The van der Waals surface area contributed by atoms with Crippen molar-refractivity contribution in [2.45, 2.75) is 45.1 Å². The average Bonchev–Trinajstić information content (AvgIpc) is 3.58. The molecule has 8 heteroatoms. The maximum Gasteiger partial charge on any atom is 0.308 e. The zero-order valence-electron chi connectivity index (χ0n) is 19.3. The van der Waals surface area contributed by atoms with Crippen LogP contribution in [0.2, 0.25) is 0 Å². The summed E-state index contributed by atoms with van der Waals surface area (Å²) in [5, 5.41) is 10.2. The van der Waals surface area contributed by atoms with Crippen molar-refractivity contribution in [1.29, 1.82) is 0 Å². The van der Waals surface area contributed by atoms with Crippen molar-refractivity contribution in [3.63, 3.8) is 0 Å². The third-order valence-electron chi connectivity index (χ3n) is 5.58. The van der Waals surface area contributed by atoms with E-state index in [4.69, 9.17) is 4.74 Å². The lowest BCUT2D eigenvalue weighted by molar-refractivity contribution is -0.148. The molecule has 1 atom stereocenters. The van der Waals surface area contributed by atoms with Crippen LogP contribution < -0.4 is 10.6 Å². The maximum atomic E-state index is 12.6. The van der Waals surface area contributed by atoms with Gasteiger partial charge in [0.1, 0.15) is 5.82 Å². The van der Waals surface area contributed by atoms with Gasteiger partial charge < -0.3 is 15.4 Å². The van der Waals surface area contributed by atoms with E-state index in [1.165, 1.54) is 6.92 Å². The minimum absolute atomic E-state index is 0.0797. The topological polar surface area (TPSA) is 102 Å². The van der Waals surface area contributed by atoms with Crippen molar-refractivity contribution in [3.05, 3.63) is 77.5 Å². The van der Waals surface area contributed by atoms with Gasteiger partial charge in [0.05, 0.1) is 23.8 Å². The number of ether oxygens (including phenoxy) is 1. The summed E-state index contributed by atoms with van der Waals surface area (Å²) in [5.41, 5.74) is 3.64. The summed E-state index contributed by atoms with van der Waals surface area (Å²) in [6.45, 7) is 2.92. The van der Waals surface area contributed by atoms with E-state index in [-0.39, 0.29) is 12.3 Å². The number of hydrogen-bond donors (Lipinski definition) is 2. The molecule has 0 saturated heterocycles. The van der Waals surface area contributed by atoms with Crippen molar-refractivity contribution in [1.82, 2.24) is 15.1 Å². The Morgan fingerprint density at radius 1 is 1.09 bits per heavy atom. The Morgan fingerprint density at radius 3 is 2.44 bits per heavy atom. The first-order valence-electron chi connectivity index (χ1n) is 11.3. The van der Waals surface area contributed by atoms with E-state index in [1.807, 2.05) is 67.6 Å². The number of anilines is 1. The molecule has 1 fully saturated rings. The van der Waals surface area contributed by atoms with Gasteiger partial charge in [-0.15, -0.1) is 0 Å². The summed E-state index contributed by atoms with van der Waals surface area (Å²) in [7, 11) is 0. The number of nitrogens with zero attached hydrogens (tertiary/aromatic N) is 2. The monoisotopic (exact) mass is 460 g/mol. The first-order valence-corrected chi connectivity index (χ1v) is 11.3. The van der Waals surface area contributed by atoms with E-state index in [1.54, 1.807) is 4.68 Å². The predicted molar refractivity (Wildman–Crippen MR) is 127 cm³/mol. The van der Waals surface area contributed by atoms with E-state index < -0.39 is 24.5 Å². The standard InChI is InChI=1S/C26H28N4O4/c1-17-8-10-19(11-9-17)22(27-18(2)31)15-26(33)34-16-25(32)28-24-14-23(20-12-13-20)29-30(24)21-6-4-3-5-7-21/h3-11,14,20,22H,12-13,15-16H2,1-2H3,(H,27,31)(H,28,32). The van der Waals surface area contributed by atoms with Crippen LogP contribution in [0.15, 0.2) is 60.7 Å². The smallest absolute Gasteiger partial charge is 0.308 e. The highest BCUT2D eigenvalue weighted by Gasteiger charge is 2.28. The fraction of sp³-hybridized carbons (Fsp3) is 0.308. The second-order valence-electron chi connectivity index (χ2n) is 8.55. The lowest BCUT2D eigenvalue weighted by Crippen LogP contribution is -2.29. The normalized spacial score (nSPS) is 13.7. The van der Waals surface area contributed by atoms with Gasteiger partial charge in [0, 0.05) is 18.9 Å². The van der Waals surface area contributed by atoms with Crippen LogP contribution in [0.25, 0.3) is 5.69 Å².